The van der Waals surface area contributed by atoms with E-state index in [0.717, 1.165) is 49.4 Å². The molecule has 224 valence electrons. The monoisotopic (exact) mass is 586 g/mol. The highest BCUT2D eigenvalue weighted by Gasteiger charge is 2.28. The van der Waals surface area contributed by atoms with Gasteiger partial charge >= 0.3 is 0 Å². The van der Waals surface area contributed by atoms with Gasteiger partial charge in [-0.1, -0.05) is 24.3 Å². The molecule has 2 aromatic rings. The van der Waals surface area contributed by atoms with E-state index in [0.29, 0.717) is 39.3 Å². The maximum absolute atomic E-state index is 13.5. The zero-order chi connectivity index (χ0) is 29.2. The van der Waals surface area contributed by atoms with E-state index in [4.69, 9.17) is 9.47 Å². The second-order valence-electron chi connectivity index (χ2n) is 10.5. The van der Waals surface area contributed by atoms with Crippen molar-refractivity contribution in [1.29, 1.82) is 0 Å². The van der Waals surface area contributed by atoms with E-state index in [9.17, 15) is 18.0 Å². The van der Waals surface area contributed by atoms with E-state index < -0.39 is 16.1 Å². The number of rotatable bonds is 13. The quantitative estimate of drug-likeness (QED) is 0.384. The number of methoxy groups -OCH3 is 1. The summed E-state index contributed by atoms with van der Waals surface area (Å²) >= 11 is 0. The molecule has 2 aliphatic rings. The SMILES string of the molecule is COc1ccc(CN(C(=O)CCc2ccc(S(=O)(=O)N3CCCC3)cc2)[C@H](C)C(=O)NCCN2CCOCC2)cc1. The van der Waals surface area contributed by atoms with E-state index in [1.54, 1.807) is 43.2 Å². The molecule has 0 radical (unpaired) electrons. The van der Waals surface area contributed by atoms with Gasteiger partial charge in [-0.3, -0.25) is 14.5 Å². The van der Waals surface area contributed by atoms with Crippen molar-refractivity contribution in [1.82, 2.24) is 19.4 Å². The Kier molecular flexibility index (Phi) is 11.1. The number of morpholine rings is 1. The van der Waals surface area contributed by atoms with Crippen LogP contribution in [0.3, 0.4) is 0 Å². The predicted octanol–water partition coefficient (Wildman–Crippen LogP) is 2.28. The van der Waals surface area contributed by atoms with Gasteiger partial charge in [-0.2, -0.15) is 4.31 Å². The van der Waals surface area contributed by atoms with Gasteiger partial charge in [0.1, 0.15) is 11.8 Å². The third-order valence-electron chi connectivity index (χ3n) is 7.76. The Balaban J connectivity index is 1.38. The fourth-order valence-corrected chi connectivity index (χ4v) is 6.64. The summed E-state index contributed by atoms with van der Waals surface area (Å²) < 4.78 is 37.8. The predicted molar refractivity (Wildman–Crippen MR) is 156 cm³/mol. The Morgan fingerprint density at radius 1 is 0.976 bits per heavy atom. The maximum atomic E-state index is 13.5. The summed E-state index contributed by atoms with van der Waals surface area (Å²) in [4.78, 5) is 30.7. The highest BCUT2D eigenvalue weighted by Crippen LogP contribution is 2.22. The molecule has 2 amide bonds. The first kappa shape index (κ1) is 31.0. The van der Waals surface area contributed by atoms with Crippen LogP contribution in [0.15, 0.2) is 53.4 Å². The topological polar surface area (TPSA) is 108 Å². The number of aryl methyl sites for hydroxylation is 1. The molecule has 0 aliphatic carbocycles. The molecule has 0 bridgehead atoms. The molecule has 2 aromatic carbocycles. The average molecular weight is 587 g/mol. The normalized spacial score (nSPS) is 17.2. The van der Waals surface area contributed by atoms with Crippen LogP contribution >= 0.6 is 0 Å². The Hall–Kier alpha value is -2.99. The minimum absolute atomic E-state index is 0.148. The highest BCUT2D eigenvalue weighted by molar-refractivity contribution is 7.89. The third kappa shape index (κ3) is 8.51. The Bertz CT molecular complexity index is 1240. The molecule has 11 heteroatoms. The van der Waals surface area contributed by atoms with Crippen LogP contribution in [0, 0.1) is 0 Å². The van der Waals surface area contributed by atoms with Crippen molar-refractivity contribution in [3.05, 3.63) is 59.7 Å². The number of ether oxygens (including phenoxy) is 2. The van der Waals surface area contributed by atoms with Crippen molar-refractivity contribution in [2.75, 3.05) is 59.6 Å². The van der Waals surface area contributed by atoms with Crippen LogP contribution in [0.4, 0.5) is 0 Å². The molecule has 2 heterocycles. The molecule has 2 aliphatic heterocycles. The van der Waals surface area contributed by atoms with Gasteiger partial charge in [-0.05, 0) is 61.6 Å². The van der Waals surface area contributed by atoms with Crippen molar-refractivity contribution in [3.8, 4) is 5.75 Å². The standard InChI is InChI=1S/C30H42N4O6S/c1-24(30(36)31-15-18-32-19-21-40-22-20-32)34(23-26-5-10-27(39-2)11-6-26)29(35)14-9-25-7-12-28(13-8-25)41(37,38)33-16-3-4-17-33/h5-8,10-13,24H,3-4,9,14-23H2,1-2H3,(H,31,36)/t24-/m1/s1. The van der Waals surface area contributed by atoms with Gasteiger partial charge in [0.15, 0.2) is 0 Å². The molecule has 1 atom stereocenters. The number of carbonyl (C=O) groups is 2. The Morgan fingerprint density at radius 3 is 2.24 bits per heavy atom. The van der Waals surface area contributed by atoms with Crippen LogP contribution in [-0.4, -0.2) is 100.0 Å². The number of nitrogens with zero attached hydrogens (tertiary/aromatic N) is 3. The molecule has 2 fully saturated rings. The number of hydrogen-bond acceptors (Lipinski definition) is 7. The summed E-state index contributed by atoms with van der Waals surface area (Å²) in [6.07, 6.45) is 2.40. The van der Waals surface area contributed by atoms with Gasteiger partial charge < -0.3 is 19.7 Å². The lowest BCUT2D eigenvalue weighted by atomic mass is 10.1. The minimum Gasteiger partial charge on any atom is -0.497 e. The Labute approximate surface area is 243 Å². The number of sulfonamides is 1. The minimum atomic E-state index is -3.48. The van der Waals surface area contributed by atoms with E-state index >= 15 is 0 Å². The third-order valence-corrected chi connectivity index (χ3v) is 9.68. The molecule has 0 aromatic heterocycles. The van der Waals surface area contributed by atoms with Crippen molar-refractivity contribution in [2.24, 2.45) is 0 Å². The molecule has 41 heavy (non-hydrogen) atoms. The fraction of sp³-hybridized carbons (Fsp3) is 0.533. The van der Waals surface area contributed by atoms with Gasteiger partial charge in [0, 0.05) is 52.2 Å². The van der Waals surface area contributed by atoms with Gasteiger partial charge in [0.25, 0.3) is 0 Å². The molecular formula is C30H42N4O6S. The molecule has 4 rings (SSSR count). The first-order valence-corrected chi connectivity index (χ1v) is 15.8. The highest BCUT2D eigenvalue weighted by atomic mass is 32.2. The zero-order valence-corrected chi connectivity index (χ0v) is 24.9. The summed E-state index contributed by atoms with van der Waals surface area (Å²) in [7, 11) is -1.88. The van der Waals surface area contributed by atoms with Crippen LogP contribution in [-0.2, 0) is 37.3 Å². The summed E-state index contributed by atoms with van der Waals surface area (Å²) in [6.45, 7) is 7.48. The van der Waals surface area contributed by atoms with Gasteiger partial charge in [0.2, 0.25) is 21.8 Å². The second kappa shape index (κ2) is 14.8. The largest absolute Gasteiger partial charge is 0.497 e. The number of hydrogen-bond donors (Lipinski definition) is 1. The maximum Gasteiger partial charge on any atom is 0.243 e. The van der Waals surface area contributed by atoms with E-state index in [1.165, 1.54) is 4.31 Å². The summed E-state index contributed by atoms with van der Waals surface area (Å²) in [5.74, 6) is 0.373. The van der Waals surface area contributed by atoms with Crippen molar-refractivity contribution in [2.45, 2.75) is 50.1 Å². The lowest BCUT2D eigenvalue weighted by Gasteiger charge is -2.30. The van der Waals surface area contributed by atoms with E-state index in [1.807, 2.05) is 24.3 Å². The second-order valence-corrected chi connectivity index (χ2v) is 12.5. The zero-order valence-electron chi connectivity index (χ0n) is 24.1. The first-order chi connectivity index (χ1) is 19.8. The molecular weight excluding hydrogens is 544 g/mol. The average Bonchev–Trinajstić information content (AvgIpc) is 3.56. The molecule has 0 saturated carbocycles. The summed E-state index contributed by atoms with van der Waals surface area (Å²) in [5.41, 5.74) is 1.76. The van der Waals surface area contributed by atoms with Gasteiger partial charge in [-0.25, -0.2) is 8.42 Å². The number of amides is 2. The molecule has 1 N–H and O–H groups in total. The first-order valence-electron chi connectivity index (χ1n) is 14.4. The van der Waals surface area contributed by atoms with Crippen molar-refractivity contribution in [3.63, 3.8) is 0 Å². The lowest BCUT2D eigenvalue weighted by Crippen LogP contribution is -2.49. The molecule has 0 spiro atoms. The van der Waals surface area contributed by atoms with E-state index in [-0.39, 0.29) is 29.7 Å². The van der Waals surface area contributed by atoms with Crippen molar-refractivity contribution < 1.29 is 27.5 Å². The number of benzene rings is 2. The lowest BCUT2D eigenvalue weighted by molar-refractivity contribution is -0.140. The summed E-state index contributed by atoms with van der Waals surface area (Å²) in [5, 5.41) is 2.99. The fourth-order valence-electron chi connectivity index (χ4n) is 5.12. The van der Waals surface area contributed by atoms with Crippen molar-refractivity contribution >= 4 is 21.8 Å². The summed E-state index contributed by atoms with van der Waals surface area (Å²) in [6, 6.07) is 13.6. The smallest absolute Gasteiger partial charge is 0.243 e. The van der Waals surface area contributed by atoms with Gasteiger partial charge in [-0.15, -0.1) is 0 Å². The van der Waals surface area contributed by atoms with Crippen LogP contribution in [0.2, 0.25) is 0 Å². The number of carbonyl (C=O) groups excluding carboxylic acids is 2. The molecule has 2 saturated heterocycles. The van der Waals surface area contributed by atoms with Crippen LogP contribution in [0.1, 0.15) is 37.3 Å². The van der Waals surface area contributed by atoms with Crippen LogP contribution in [0.5, 0.6) is 5.75 Å². The van der Waals surface area contributed by atoms with E-state index in [2.05, 4.69) is 10.2 Å². The van der Waals surface area contributed by atoms with Crippen LogP contribution in [0.25, 0.3) is 0 Å². The number of nitrogens with one attached hydrogen (secondary N) is 1. The molecule has 0 unspecified atom stereocenters. The van der Waals surface area contributed by atoms with Crippen LogP contribution < -0.4 is 10.1 Å². The molecule has 10 nitrogen and oxygen atoms in total. The van der Waals surface area contributed by atoms with Gasteiger partial charge in [0.05, 0.1) is 25.2 Å². The Morgan fingerprint density at radius 2 is 1.61 bits per heavy atom.